The van der Waals surface area contributed by atoms with Crippen LogP contribution in [-0.4, -0.2) is 59.2 Å². The molecule has 1 aliphatic heterocycles. The third-order valence-corrected chi connectivity index (χ3v) is 16.3. The lowest BCUT2D eigenvalue weighted by Crippen LogP contribution is -2.55. The van der Waals surface area contributed by atoms with Gasteiger partial charge >= 0.3 is 5.63 Å². The lowest BCUT2D eigenvalue weighted by Gasteiger charge is -2.44. The predicted octanol–water partition coefficient (Wildman–Crippen LogP) is 10.1. The summed E-state index contributed by atoms with van der Waals surface area (Å²) in [5, 5.41) is 0.809. The zero-order chi connectivity index (χ0) is 41.3. The third kappa shape index (κ3) is 10.9. The summed E-state index contributed by atoms with van der Waals surface area (Å²) in [6.45, 7) is 18.1. The van der Waals surface area contributed by atoms with Crippen LogP contribution in [0.2, 0.25) is 18.1 Å². The first-order valence-corrected chi connectivity index (χ1v) is 23.5. The van der Waals surface area contributed by atoms with Crippen molar-refractivity contribution in [3.8, 4) is 11.5 Å². The molecule has 3 aromatic carbocycles. The van der Waals surface area contributed by atoms with E-state index >= 15 is 0 Å². The fourth-order valence-electron chi connectivity index (χ4n) is 7.69. The van der Waals surface area contributed by atoms with Gasteiger partial charge < -0.3 is 42.0 Å². The number of ether oxygens (including phenoxy) is 7. The summed E-state index contributed by atoms with van der Waals surface area (Å²) in [5.74, 6) is 0.290. The van der Waals surface area contributed by atoms with Crippen molar-refractivity contribution < 1.29 is 42.0 Å². The van der Waals surface area contributed by atoms with Gasteiger partial charge in [0.25, 0.3) is 0 Å². The summed E-state index contributed by atoms with van der Waals surface area (Å²) in [7, 11) is -0.654. The van der Waals surface area contributed by atoms with Gasteiger partial charge in [-0.05, 0) is 66.5 Å². The van der Waals surface area contributed by atoms with Crippen molar-refractivity contribution in [2.75, 3.05) is 20.7 Å². The van der Waals surface area contributed by atoms with E-state index in [1.807, 2.05) is 72.8 Å². The Morgan fingerprint density at radius 3 is 2.09 bits per heavy atom. The van der Waals surface area contributed by atoms with E-state index in [2.05, 4.69) is 47.4 Å². The maximum atomic E-state index is 13.9. The number of benzene rings is 3. The molecule has 10 nitrogen and oxygen atoms in total. The van der Waals surface area contributed by atoms with E-state index in [0.29, 0.717) is 36.5 Å². The van der Waals surface area contributed by atoms with Crippen molar-refractivity contribution in [1.82, 2.24) is 0 Å². The molecule has 1 aromatic heterocycles. The molecule has 314 valence electrons. The fraction of sp³-hybridized carbons (Fsp3) is 0.511. The molecule has 0 amide bonds. The average molecular weight is 815 g/mol. The lowest BCUT2D eigenvalue weighted by atomic mass is 9.89. The topological polar surface area (TPSA) is 104 Å². The van der Waals surface area contributed by atoms with Crippen LogP contribution in [0.5, 0.6) is 11.5 Å². The molecule has 58 heavy (non-hydrogen) atoms. The van der Waals surface area contributed by atoms with Crippen molar-refractivity contribution in [3.05, 3.63) is 119 Å². The maximum absolute atomic E-state index is 13.9. The Morgan fingerprint density at radius 2 is 1.50 bits per heavy atom. The molecule has 2 aliphatic rings. The number of hydrogen-bond acceptors (Lipinski definition) is 10. The van der Waals surface area contributed by atoms with Crippen LogP contribution in [0.1, 0.15) is 76.7 Å². The van der Waals surface area contributed by atoms with Crippen LogP contribution >= 0.6 is 0 Å². The summed E-state index contributed by atoms with van der Waals surface area (Å²) in [5.41, 5.74) is 1.50. The second-order valence-corrected chi connectivity index (χ2v) is 21.9. The number of methoxy groups -OCH3 is 1. The molecule has 1 aliphatic carbocycles. The predicted molar refractivity (Wildman–Crippen MR) is 227 cm³/mol. The van der Waals surface area contributed by atoms with Crippen LogP contribution in [0.15, 0.2) is 101 Å². The fourth-order valence-corrected chi connectivity index (χ4v) is 8.99. The van der Waals surface area contributed by atoms with E-state index in [0.717, 1.165) is 36.8 Å². The molecule has 0 radical (unpaired) electrons. The highest BCUT2D eigenvalue weighted by atomic mass is 28.4. The normalized spacial score (nSPS) is 19.8. The summed E-state index contributed by atoms with van der Waals surface area (Å²) in [6, 6.07) is 25.0. The number of fused-ring (bicyclic) bond motifs is 1. The lowest BCUT2D eigenvalue weighted by molar-refractivity contribution is -0.204. The SMILES string of the molecule is C=C[C@@H](Cc1cc2cc(OCOCc3ccccc3)cc(OCOCc3ccccc3)c2c(=O)o1)[C@H](OC)[C@@H](O[Si](C)(C)C(C)(C)C)[C@H]1OC2(CCCCC2)O[C@@H]1C. The first-order chi connectivity index (χ1) is 27.8. The molecule has 5 atom stereocenters. The van der Waals surface area contributed by atoms with E-state index in [-0.39, 0.29) is 47.9 Å². The summed E-state index contributed by atoms with van der Waals surface area (Å²) in [6.07, 6.45) is 5.69. The van der Waals surface area contributed by atoms with Gasteiger partial charge in [0.05, 0.1) is 25.4 Å². The van der Waals surface area contributed by atoms with Crippen molar-refractivity contribution in [3.63, 3.8) is 0 Å². The highest BCUT2D eigenvalue weighted by molar-refractivity contribution is 6.74. The molecule has 4 aromatic rings. The van der Waals surface area contributed by atoms with E-state index < -0.39 is 31.9 Å². The Morgan fingerprint density at radius 1 is 0.879 bits per heavy atom. The van der Waals surface area contributed by atoms with E-state index in [1.54, 1.807) is 19.2 Å². The van der Waals surface area contributed by atoms with Gasteiger partial charge in [-0.15, -0.1) is 6.58 Å². The molecule has 2 fully saturated rings. The zero-order valence-electron chi connectivity index (χ0n) is 35.3. The molecule has 0 unspecified atom stereocenters. The monoisotopic (exact) mass is 814 g/mol. The van der Waals surface area contributed by atoms with E-state index in [4.69, 9.17) is 42.0 Å². The van der Waals surface area contributed by atoms with Gasteiger partial charge in [0.15, 0.2) is 27.7 Å². The van der Waals surface area contributed by atoms with Gasteiger partial charge in [0, 0.05) is 38.4 Å². The van der Waals surface area contributed by atoms with Crippen LogP contribution < -0.4 is 15.1 Å². The molecular weight excluding hydrogens is 753 g/mol. The third-order valence-electron chi connectivity index (χ3n) is 11.8. The van der Waals surface area contributed by atoms with Crippen LogP contribution in [0.3, 0.4) is 0 Å². The van der Waals surface area contributed by atoms with Crippen LogP contribution in [0.4, 0.5) is 0 Å². The quantitative estimate of drug-likeness (QED) is 0.0393. The van der Waals surface area contributed by atoms with Crippen molar-refractivity contribution >= 4 is 19.1 Å². The smallest absolute Gasteiger partial charge is 0.347 e. The average Bonchev–Trinajstić information content (AvgIpc) is 3.51. The molecule has 11 heteroatoms. The van der Waals surface area contributed by atoms with Crippen molar-refractivity contribution in [1.29, 1.82) is 0 Å². The van der Waals surface area contributed by atoms with Crippen molar-refractivity contribution in [2.24, 2.45) is 5.92 Å². The summed E-state index contributed by atoms with van der Waals surface area (Å²) < 4.78 is 57.0. The van der Waals surface area contributed by atoms with Crippen LogP contribution in [-0.2, 0) is 47.7 Å². The standard InChI is InChI=1S/C47H62O10Si/c1-9-36(43(49-6)44(57-58(7,8)46(3,4)5)42-33(2)55-47(56-42)23-17-12-18-24-47)25-39-27-37-26-38(52-31-50-29-34-19-13-10-14-20-34)28-40(41(37)45(48)54-39)53-32-51-30-35-21-15-11-16-22-35/h9-11,13-16,19-22,26-28,33,36,42-44H,1,12,17-18,23-25,29-32H2,2-8H3/t33-,36+,42+,43+,44+/m1/s1. The zero-order valence-corrected chi connectivity index (χ0v) is 36.3. The van der Waals surface area contributed by atoms with E-state index in [9.17, 15) is 4.79 Å². The molecule has 0 N–H and O–H groups in total. The molecule has 2 heterocycles. The van der Waals surface area contributed by atoms with Gasteiger partial charge in [-0.1, -0.05) is 93.9 Å². The minimum Gasteiger partial charge on any atom is -0.467 e. The molecule has 1 saturated heterocycles. The van der Waals surface area contributed by atoms with Gasteiger partial charge in [-0.25, -0.2) is 4.79 Å². The number of hydrogen-bond donors (Lipinski definition) is 0. The van der Waals surface area contributed by atoms with Gasteiger partial charge in [0.2, 0.25) is 0 Å². The minimum atomic E-state index is -2.35. The number of rotatable bonds is 19. The second-order valence-electron chi connectivity index (χ2n) is 17.1. The molecular formula is C47H62O10Si. The van der Waals surface area contributed by atoms with Crippen molar-refractivity contribution in [2.45, 2.75) is 128 Å². The van der Waals surface area contributed by atoms with E-state index in [1.165, 1.54) is 6.42 Å². The highest BCUT2D eigenvalue weighted by Crippen LogP contribution is 2.45. The Hall–Kier alpha value is -3.81. The first kappa shape index (κ1) is 43.8. The Balaban J connectivity index is 1.27. The van der Waals surface area contributed by atoms with Gasteiger partial charge in [0.1, 0.15) is 34.9 Å². The molecule has 1 spiro atoms. The van der Waals surface area contributed by atoms with Gasteiger partial charge in [-0.2, -0.15) is 0 Å². The molecule has 1 saturated carbocycles. The Labute approximate surface area is 344 Å². The van der Waals surface area contributed by atoms with Crippen LogP contribution in [0, 0.1) is 5.92 Å². The maximum Gasteiger partial charge on any atom is 0.347 e. The largest absolute Gasteiger partial charge is 0.467 e. The molecule has 0 bridgehead atoms. The molecule has 6 rings (SSSR count). The van der Waals surface area contributed by atoms with Gasteiger partial charge in [-0.3, -0.25) is 0 Å². The summed E-state index contributed by atoms with van der Waals surface area (Å²) in [4.78, 5) is 13.9. The Bertz CT molecular complexity index is 1970. The minimum absolute atomic E-state index is 0.00498. The second kappa shape index (κ2) is 19.5. The highest BCUT2D eigenvalue weighted by Gasteiger charge is 2.54. The Kier molecular flexibility index (Phi) is 14.7. The first-order valence-electron chi connectivity index (χ1n) is 20.6. The van der Waals surface area contributed by atoms with Crippen LogP contribution in [0.25, 0.3) is 10.8 Å². The summed E-state index contributed by atoms with van der Waals surface area (Å²) >= 11 is 0.